The number of aliphatic hydroxyl groups is 1. The van der Waals surface area contributed by atoms with E-state index in [0.29, 0.717) is 32.3 Å². The van der Waals surface area contributed by atoms with E-state index in [1.807, 2.05) is 32.9 Å². The minimum absolute atomic E-state index is 0.0205. The zero-order chi connectivity index (χ0) is 36.7. The number of rotatable bonds is 33. The van der Waals surface area contributed by atoms with Gasteiger partial charge < -0.3 is 24.1 Å². The van der Waals surface area contributed by atoms with Crippen LogP contribution in [-0.4, -0.2) is 68.4 Å². The lowest BCUT2D eigenvalue weighted by Gasteiger charge is -2.20. The highest BCUT2D eigenvalue weighted by atomic mass is 16.5. The van der Waals surface area contributed by atoms with Crippen LogP contribution >= 0.6 is 0 Å². The molecular weight excluding hydrogens is 624 g/mol. The number of hydrogen-bond acceptors (Lipinski definition) is 9. The van der Waals surface area contributed by atoms with E-state index in [1.54, 1.807) is 7.11 Å². The van der Waals surface area contributed by atoms with E-state index in [-0.39, 0.29) is 68.1 Å². The SMILES string of the molecule is CCCCCCCCC(=O)OCC(COC)CC(=O)CC(/C=C\C(CC(C)C)OC(=O)CC(CO)COC(=O)CCCCCCCC)CC. The first-order valence-corrected chi connectivity index (χ1v) is 19.4. The predicted octanol–water partition coefficient (Wildman–Crippen LogP) is 8.72. The van der Waals surface area contributed by atoms with Gasteiger partial charge in [-0.15, -0.1) is 0 Å². The monoisotopic (exact) mass is 697 g/mol. The Balaban J connectivity index is 4.85. The number of Topliss-reactive ketones (excluding diaryl/α,β-unsaturated/α-hetero) is 1. The number of aliphatic hydroxyl groups excluding tert-OH is 1. The van der Waals surface area contributed by atoms with Crippen LogP contribution in [0.2, 0.25) is 0 Å². The average Bonchev–Trinajstić information content (AvgIpc) is 3.06. The Morgan fingerprint density at radius 3 is 1.65 bits per heavy atom. The Hall–Kier alpha value is -2.26. The summed E-state index contributed by atoms with van der Waals surface area (Å²) in [6.07, 6.45) is 19.1. The van der Waals surface area contributed by atoms with Crippen LogP contribution in [-0.2, 0) is 38.1 Å². The lowest BCUT2D eigenvalue weighted by Crippen LogP contribution is -2.25. The zero-order valence-corrected chi connectivity index (χ0v) is 32.0. The highest BCUT2D eigenvalue weighted by Gasteiger charge is 2.22. The molecule has 0 spiro atoms. The van der Waals surface area contributed by atoms with E-state index in [1.165, 1.54) is 38.5 Å². The number of ether oxygens (including phenoxy) is 4. The number of esters is 3. The van der Waals surface area contributed by atoms with Crippen molar-refractivity contribution in [3.63, 3.8) is 0 Å². The molecule has 0 bridgehead atoms. The molecule has 0 heterocycles. The van der Waals surface area contributed by atoms with Gasteiger partial charge in [-0.1, -0.05) is 105 Å². The Kier molecular flexibility index (Phi) is 30.2. The second-order valence-electron chi connectivity index (χ2n) is 14.1. The van der Waals surface area contributed by atoms with Gasteiger partial charge in [0, 0.05) is 51.2 Å². The highest BCUT2D eigenvalue weighted by Crippen LogP contribution is 2.19. The third-order valence-corrected chi connectivity index (χ3v) is 8.66. The van der Waals surface area contributed by atoms with Gasteiger partial charge in [-0.05, 0) is 43.6 Å². The van der Waals surface area contributed by atoms with E-state index < -0.39 is 18.0 Å². The molecule has 0 fully saturated rings. The molecule has 0 aromatic rings. The van der Waals surface area contributed by atoms with Crippen LogP contribution in [0.4, 0.5) is 0 Å². The number of carbonyl (C=O) groups excluding carboxylic acids is 4. The molecule has 0 aliphatic carbocycles. The summed E-state index contributed by atoms with van der Waals surface area (Å²) in [6.45, 7) is 10.7. The fourth-order valence-corrected chi connectivity index (χ4v) is 5.65. The summed E-state index contributed by atoms with van der Waals surface area (Å²) >= 11 is 0. The molecule has 1 N–H and O–H groups in total. The number of ketones is 1. The average molecular weight is 697 g/mol. The quantitative estimate of drug-likeness (QED) is 0.0310. The molecule has 0 amide bonds. The fraction of sp³-hybridized carbons (Fsp3) is 0.850. The summed E-state index contributed by atoms with van der Waals surface area (Å²) in [4.78, 5) is 50.2. The summed E-state index contributed by atoms with van der Waals surface area (Å²) in [5.74, 6) is -1.41. The van der Waals surface area contributed by atoms with Crippen molar-refractivity contribution in [3.05, 3.63) is 12.2 Å². The standard InChI is InChI=1S/C40H72O9/c1-7-10-12-14-16-18-20-38(43)47-30-34(28-41)27-40(45)49-37(24-32(4)5)23-22-33(9-3)25-36(42)26-35(29-46-6)31-48-39(44)21-19-17-15-13-11-8-2/h22-23,32-35,37,41H,7-21,24-31H2,1-6H3/b23-22-. The van der Waals surface area contributed by atoms with Crippen molar-refractivity contribution in [2.45, 2.75) is 163 Å². The van der Waals surface area contributed by atoms with Gasteiger partial charge in [-0.3, -0.25) is 19.2 Å². The first kappa shape index (κ1) is 46.7. The summed E-state index contributed by atoms with van der Waals surface area (Å²) < 4.78 is 21.9. The van der Waals surface area contributed by atoms with Gasteiger partial charge in [0.2, 0.25) is 0 Å². The Bertz CT molecular complexity index is 885. The van der Waals surface area contributed by atoms with Crippen molar-refractivity contribution < 1.29 is 43.2 Å². The first-order valence-electron chi connectivity index (χ1n) is 19.4. The Morgan fingerprint density at radius 1 is 0.633 bits per heavy atom. The van der Waals surface area contributed by atoms with E-state index in [0.717, 1.165) is 44.9 Å². The molecule has 0 aliphatic rings. The Labute approximate surface area is 298 Å². The van der Waals surface area contributed by atoms with Gasteiger partial charge in [0.25, 0.3) is 0 Å². The second-order valence-corrected chi connectivity index (χ2v) is 14.1. The number of carbonyl (C=O) groups is 4. The van der Waals surface area contributed by atoms with Crippen LogP contribution in [0.3, 0.4) is 0 Å². The minimum Gasteiger partial charge on any atom is -0.465 e. The molecule has 9 heteroatoms. The van der Waals surface area contributed by atoms with Crippen LogP contribution in [0.1, 0.15) is 157 Å². The van der Waals surface area contributed by atoms with Crippen molar-refractivity contribution >= 4 is 23.7 Å². The van der Waals surface area contributed by atoms with Crippen LogP contribution in [0.15, 0.2) is 12.2 Å². The smallest absolute Gasteiger partial charge is 0.306 e. The number of unbranched alkanes of at least 4 members (excludes halogenated alkanes) is 10. The molecule has 4 atom stereocenters. The van der Waals surface area contributed by atoms with Gasteiger partial charge in [-0.25, -0.2) is 0 Å². The van der Waals surface area contributed by atoms with Crippen LogP contribution in [0.5, 0.6) is 0 Å². The molecule has 4 unspecified atom stereocenters. The molecule has 9 nitrogen and oxygen atoms in total. The fourth-order valence-electron chi connectivity index (χ4n) is 5.65. The zero-order valence-electron chi connectivity index (χ0n) is 32.0. The summed E-state index contributed by atoms with van der Waals surface area (Å²) in [5.41, 5.74) is 0. The van der Waals surface area contributed by atoms with Gasteiger partial charge >= 0.3 is 17.9 Å². The van der Waals surface area contributed by atoms with Crippen molar-refractivity contribution in [2.75, 3.05) is 33.5 Å². The summed E-state index contributed by atoms with van der Waals surface area (Å²) in [6, 6.07) is 0. The van der Waals surface area contributed by atoms with Crippen molar-refractivity contribution in [2.24, 2.45) is 23.7 Å². The van der Waals surface area contributed by atoms with Gasteiger partial charge in [-0.2, -0.15) is 0 Å². The van der Waals surface area contributed by atoms with Crippen LogP contribution < -0.4 is 0 Å². The third-order valence-electron chi connectivity index (χ3n) is 8.66. The maximum Gasteiger partial charge on any atom is 0.306 e. The normalized spacial score (nSPS) is 14.0. The molecule has 0 radical (unpaired) electrons. The molecule has 0 saturated heterocycles. The van der Waals surface area contributed by atoms with Gasteiger partial charge in [0.05, 0.1) is 26.2 Å². The molecule has 0 rings (SSSR count). The number of allylic oxidation sites excluding steroid dienone is 1. The van der Waals surface area contributed by atoms with E-state index in [9.17, 15) is 24.3 Å². The Morgan fingerprint density at radius 2 is 1.16 bits per heavy atom. The van der Waals surface area contributed by atoms with Crippen molar-refractivity contribution in [3.8, 4) is 0 Å². The van der Waals surface area contributed by atoms with E-state index >= 15 is 0 Å². The van der Waals surface area contributed by atoms with E-state index in [2.05, 4.69) is 13.8 Å². The molecule has 286 valence electrons. The van der Waals surface area contributed by atoms with Crippen molar-refractivity contribution in [1.29, 1.82) is 0 Å². The van der Waals surface area contributed by atoms with Crippen molar-refractivity contribution in [1.82, 2.24) is 0 Å². The topological polar surface area (TPSA) is 125 Å². The summed E-state index contributed by atoms with van der Waals surface area (Å²) in [5, 5.41) is 9.80. The van der Waals surface area contributed by atoms with E-state index in [4.69, 9.17) is 18.9 Å². The maximum atomic E-state index is 13.0. The maximum absolute atomic E-state index is 13.0. The first-order chi connectivity index (χ1) is 23.6. The molecule has 49 heavy (non-hydrogen) atoms. The lowest BCUT2D eigenvalue weighted by molar-refractivity contribution is -0.153. The molecule has 0 aliphatic heterocycles. The molecular formula is C40H72O9. The predicted molar refractivity (Wildman–Crippen MR) is 195 cm³/mol. The highest BCUT2D eigenvalue weighted by molar-refractivity contribution is 5.79. The van der Waals surface area contributed by atoms with Gasteiger partial charge in [0.1, 0.15) is 11.9 Å². The largest absolute Gasteiger partial charge is 0.465 e. The van der Waals surface area contributed by atoms with Crippen LogP contribution in [0.25, 0.3) is 0 Å². The van der Waals surface area contributed by atoms with Crippen LogP contribution in [0, 0.1) is 23.7 Å². The number of methoxy groups -OCH3 is 1. The molecule has 0 aromatic carbocycles. The lowest BCUT2D eigenvalue weighted by atomic mass is 9.93. The minimum atomic E-state index is -0.527. The molecule has 0 saturated carbocycles. The molecule has 0 aromatic heterocycles. The second kappa shape index (κ2) is 31.7. The third kappa shape index (κ3) is 28.2. The van der Waals surface area contributed by atoms with Gasteiger partial charge in [0.15, 0.2) is 0 Å². The number of hydrogen-bond donors (Lipinski definition) is 1. The summed E-state index contributed by atoms with van der Waals surface area (Å²) in [7, 11) is 1.58.